The number of hydroxylamine groups is 2. The Bertz CT molecular complexity index is 1010. The number of carbonyl (C=O) groups is 3. The molecule has 3 aromatic rings. The number of hydrogen-bond acceptors (Lipinski definition) is 4. The first kappa shape index (κ1) is 15.1. The molecule has 7 heteroatoms. The van der Waals surface area contributed by atoms with Crippen molar-refractivity contribution in [3.8, 4) is 0 Å². The Labute approximate surface area is 141 Å². The Kier molecular flexibility index (Phi) is 3.35. The summed E-state index contributed by atoms with van der Waals surface area (Å²) in [6.07, 6.45) is 1.60. The number of amides is 2. The van der Waals surface area contributed by atoms with Crippen molar-refractivity contribution in [2.45, 2.75) is 6.54 Å². The quantitative estimate of drug-likeness (QED) is 0.688. The van der Waals surface area contributed by atoms with Crippen LogP contribution in [0.2, 0.25) is 0 Å². The topological polar surface area (TPSA) is 68.6 Å². The minimum Gasteiger partial charge on any atom is -0.336 e. The fourth-order valence-electron chi connectivity index (χ4n) is 2.83. The first-order valence-corrected chi connectivity index (χ1v) is 7.47. The highest BCUT2D eigenvalue weighted by Crippen LogP contribution is 2.23. The van der Waals surface area contributed by atoms with Gasteiger partial charge < -0.3 is 9.40 Å². The highest BCUT2D eigenvalue weighted by atomic mass is 19.1. The van der Waals surface area contributed by atoms with Crippen molar-refractivity contribution in [2.24, 2.45) is 0 Å². The van der Waals surface area contributed by atoms with Crippen LogP contribution in [0.4, 0.5) is 4.39 Å². The summed E-state index contributed by atoms with van der Waals surface area (Å²) in [7, 11) is 0. The van der Waals surface area contributed by atoms with Gasteiger partial charge in [0.05, 0.1) is 11.1 Å². The molecular formula is C18H11FN2O4. The van der Waals surface area contributed by atoms with E-state index in [0.29, 0.717) is 16.0 Å². The lowest BCUT2D eigenvalue weighted by Gasteiger charge is -2.13. The molecule has 0 unspecified atom stereocenters. The average Bonchev–Trinajstić information content (AvgIpc) is 3.09. The lowest BCUT2D eigenvalue weighted by molar-refractivity contribution is -0.169. The lowest BCUT2D eigenvalue weighted by atomic mass is 10.1. The summed E-state index contributed by atoms with van der Waals surface area (Å²) in [5.74, 6) is -2.50. The van der Waals surface area contributed by atoms with Crippen LogP contribution in [0.5, 0.6) is 0 Å². The summed E-state index contributed by atoms with van der Waals surface area (Å²) in [5.41, 5.74) is 1.03. The number of aromatic nitrogens is 1. The molecule has 1 aliphatic heterocycles. The molecule has 2 aromatic carbocycles. The number of nitrogens with zero attached hydrogens (tertiary/aromatic N) is 2. The van der Waals surface area contributed by atoms with Gasteiger partial charge in [-0.05, 0) is 36.4 Å². The molecule has 2 heterocycles. The van der Waals surface area contributed by atoms with Gasteiger partial charge >= 0.3 is 5.97 Å². The van der Waals surface area contributed by atoms with Gasteiger partial charge in [0.2, 0.25) is 0 Å². The van der Waals surface area contributed by atoms with Gasteiger partial charge in [-0.2, -0.15) is 0 Å². The maximum atomic E-state index is 13.2. The minimum absolute atomic E-state index is 0.196. The molecule has 0 aliphatic carbocycles. The van der Waals surface area contributed by atoms with Crippen LogP contribution in [0.3, 0.4) is 0 Å². The molecule has 1 aromatic heterocycles. The molecule has 124 valence electrons. The van der Waals surface area contributed by atoms with E-state index in [2.05, 4.69) is 0 Å². The minimum atomic E-state index is -0.781. The van der Waals surface area contributed by atoms with Crippen LogP contribution < -0.4 is 0 Å². The molecule has 0 N–H and O–H groups in total. The maximum Gasteiger partial charge on any atom is 0.352 e. The number of rotatable bonds is 3. The standard InChI is InChI=1S/C18H11FN2O4/c19-12-5-6-15-11(9-12)7-8-20(15)10-16(22)25-21-17(23)13-3-1-2-4-14(13)18(21)24/h1-9H,10H2. The Morgan fingerprint density at radius 3 is 2.36 bits per heavy atom. The normalized spacial score (nSPS) is 13.4. The first-order chi connectivity index (χ1) is 12.0. The van der Waals surface area contributed by atoms with E-state index in [1.807, 2.05) is 0 Å². The van der Waals surface area contributed by atoms with Crippen molar-refractivity contribution in [3.63, 3.8) is 0 Å². The van der Waals surface area contributed by atoms with Crippen LogP contribution in [0.15, 0.2) is 54.7 Å². The largest absolute Gasteiger partial charge is 0.352 e. The predicted molar refractivity (Wildman–Crippen MR) is 84.9 cm³/mol. The number of hydrogen-bond donors (Lipinski definition) is 0. The van der Waals surface area contributed by atoms with Crippen LogP contribution in [-0.4, -0.2) is 27.4 Å². The molecule has 0 atom stereocenters. The van der Waals surface area contributed by atoms with Gasteiger partial charge in [0, 0.05) is 17.1 Å². The van der Waals surface area contributed by atoms with E-state index >= 15 is 0 Å². The number of fused-ring (bicyclic) bond motifs is 2. The summed E-state index contributed by atoms with van der Waals surface area (Å²) in [4.78, 5) is 41.5. The smallest absolute Gasteiger partial charge is 0.336 e. The second-order valence-electron chi connectivity index (χ2n) is 5.56. The zero-order chi connectivity index (χ0) is 17.6. The second kappa shape index (κ2) is 5.55. The van der Waals surface area contributed by atoms with Crippen molar-refractivity contribution in [2.75, 3.05) is 0 Å². The SMILES string of the molecule is O=C(Cn1ccc2cc(F)ccc21)ON1C(=O)c2ccccc2C1=O. The van der Waals surface area contributed by atoms with Gasteiger partial charge in [0.25, 0.3) is 11.8 Å². The van der Waals surface area contributed by atoms with Crippen LogP contribution >= 0.6 is 0 Å². The van der Waals surface area contributed by atoms with E-state index in [9.17, 15) is 18.8 Å². The molecule has 2 amide bonds. The highest BCUT2D eigenvalue weighted by molar-refractivity contribution is 6.20. The van der Waals surface area contributed by atoms with Crippen molar-refractivity contribution in [1.82, 2.24) is 9.63 Å². The van der Waals surface area contributed by atoms with E-state index in [1.165, 1.54) is 24.3 Å². The maximum absolute atomic E-state index is 13.2. The monoisotopic (exact) mass is 338 g/mol. The number of benzene rings is 2. The summed E-state index contributed by atoms with van der Waals surface area (Å²) >= 11 is 0. The summed E-state index contributed by atoms with van der Waals surface area (Å²) < 4.78 is 14.8. The van der Waals surface area contributed by atoms with E-state index in [1.54, 1.807) is 35.0 Å². The molecule has 6 nitrogen and oxygen atoms in total. The third-order valence-corrected chi connectivity index (χ3v) is 3.98. The molecule has 25 heavy (non-hydrogen) atoms. The molecular weight excluding hydrogens is 327 g/mol. The predicted octanol–water partition coefficient (Wildman–Crippen LogP) is 2.53. The van der Waals surface area contributed by atoms with Gasteiger partial charge in [-0.15, -0.1) is 0 Å². The number of halogens is 1. The molecule has 0 fully saturated rings. The van der Waals surface area contributed by atoms with Crippen LogP contribution in [-0.2, 0) is 16.2 Å². The fraction of sp³-hybridized carbons (Fsp3) is 0.0556. The average molecular weight is 338 g/mol. The Morgan fingerprint density at radius 2 is 1.68 bits per heavy atom. The molecule has 1 aliphatic rings. The first-order valence-electron chi connectivity index (χ1n) is 7.47. The number of imide groups is 1. The second-order valence-corrected chi connectivity index (χ2v) is 5.56. The Morgan fingerprint density at radius 1 is 1.00 bits per heavy atom. The summed E-state index contributed by atoms with van der Waals surface area (Å²) in [6.45, 7) is -0.220. The van der Waals surface area contributed by atoms with Gasteiger partial charge in [-0.3, -0.25) is 9.59 Å². The molecule has 0 radical (unpaired) electrons. The van der Waals surface area contributed by atoms with Crippen LogP contribution in [0.1, 0.15) is 20.7 Å². The van der Waals surface area contributed by atoms with Gasteiger partial charge in [0.1, 0.15) is 12.4 Å². The zero-order valence-electron chi connectivity index (χ0n) is 12.8. The van der Waals surface area contributed by atoms with Gasteiger partial charge in [-0.25, -0.2) is 9.18 Å². The zero-order valence-corrected chi connectivity index (χ0v) is 12.8. The van der Waals surface area contributed by atoms with Crippen molar-refractivity contribution < 1.29 is 23.6 Å². The van der Waals surface area contributed by atoms with Crippen LogP contribution in [0.25, 0.3) is 10.9 Å². The molecule has 4 rings (SSSR count). The Hall–Kier alpha value is -3.48. The van der Waals surface area contributed by atoms with E-state index in [-0.39, 0.29) is 23.5 Å². The van der Waals surface area contributed by atoms with E-state index < -0.39 is 17.8 Å². The lowest BCUT2D eigenvalue weighted by Crippen LogP contribution is -2.33. The van der Waals surface area contributed by atoms with Gasteiger partial charge in [0.15, 0.2) is 0 Å². The third-order valence-electron chi connectivity index (χ3n) is 3.98. The van der Waals surface area contributed by atoms with Crippen molar-refractivity contribution in [1.29, 1.82) is 0 Å². The molecule has 0 saturated heterocycles. The molecule has 0 saturated carbocycles. The van der Waals surface area contributed by atoms with Crippen LogP contribution in [0, 0.1) is 5.82 Å². The van der Waals surface area contributed by atoms with Gasteiger partial charge in [-0.1, -0.05) is 17.2 Å². The summed E-state index contributed by atoms with van der Waals surface area (Å²) in [6, 6.07) is 12.1. The van der Waals surface area contributed by atoms with Crippen molar-refractivity contribution >= 4 is 28.7 Å². The molecule has 0 bridgehead atoms. The van der Waals surface area contributed by atoms with E-state index in [0.717, 1.165) is 0 Å². The van der Waals surface area contributed by atoms with Crippen molar-refractivity contribution in [3.05, 3.63) is 71.7 Å². The van der Waals surface area contributed by atoms with E-state index in [4.69, 9.17) is 4.84 Å². The highest BCUT2D eigenvalue weighted by Gasteiger charge is 2.38. The fourth-order valence-corrected chi connectivity index (χ4v) is 2.83. The third kappa shape index (κ3) is 2.46. The number of carbonyl (C=O) groups excluding carboxylic acids is 3. The Balaban J connectivity index is 1.53. The summed E-state index contributed by atoms with van der Waals surface area (Å²) in [5, 5.41) is 1.10. The molecule has 0 spiro atoms.